The van der Waals surface area contributed by atoms with Gasteiger partial charge in [0.1, 0.15) is 6.04 Å². The Morgan fingerprint density at radius 3 is 2.40 bits per heavy atom. The number of nitrogens with zero attached hydrogens (tertiary/aromatic N) is 4. The van der Waals surface area contributed by atoms with Crippen molar-refractivity contribution in [1.82, 2.24) is 25.5 Å². The molecule has 0 amide bonds. The second kappa shape index (κ2) is 12.3. The highest BCUT2D eigenvalue weighted by atomic mass is 16.5. The smallest absolute Gasteiger partial charge is 0.307 e. The summed E-state index contributed by atoms with van der Waals surface area (Å²) in [6.07, 6.45) is 7.93. The molecule has 2 bridgehead atoms. The number of anilines is 1. The fourth-order valence-electron chi connectivity index (χ4n) is 12.7. The molecule has 2 heterocycles. The first-order valence-electron chi connectivity index (χ1n) is 19.6. The second-order valence-electron chi connectivity index (χ2n) is 19.9. The lowest BCUT2D eigenvalue weighted by molar-refractivity contribution is -0.255. The van der Waals surface area contributed by atoms with E-state index >= 15 is 0 Å². The molecule has 0 radical (unpaired) electrons. The van der Waals surface area contributed by atoms with E-state index < -0.39 is 11.9 Å². The number of carboxylic acids is 1. The zero-order valence-electron chi connectivity index (χ0n) is 33.2. The van der Waals surface area contributed by atoms with E-state index in [0.29, 0.717) is 37.6 Å². The van der Waals surface area contributed by atoms with Crippen molar-refractivity contribution in [3.63, 3.8) is 0 Å². The molecule has 0 unspecified atom stereocenters. The maximum atomic E-state index is 13.5. The van der Waals surface area contributed by atoms with Crippen LogP contribution in [-0.2, 0) is 14.3 Å². The third-order valence-electron chi connectivity index (χ3n) is 16.6. The SMILES string of the molecule is CCN[C@@](C)(CO[C@H]1[C@H](n2nnc(N)n2)C[C@@]23COC[C@]1(C)[C@@H]2CC[C@H]1C3=CC[C@@]2(C)[C@H](C(=O)O)[C@@](C)([C@H](C)C(C)C)CC[C@]12C)C(C)(C)C. The van der Waals surface area contributed by atoms with Crippen molar-refractivity contribution in [2.45, 2.75) is 139 Å². The van der Waals surface area contributed by atoms with Gasteiger partial charge in [-0.2, -0.15) is 4.80 Å². The molecule has 0 spiro atoms. The van der Waals surface area contributed by atoms with E-state index in [0.717, 1.165) is 45.1 Å². The molecule has 1 aliphatic heterocycles. The Bertz CT molecular complexity index is 1490. The van der Waals surface area contributed by atoms with Crippen LogP contribution in [0.4, 0.5) is 5.95 Å². The highest BCUT2D eigenvalue weighted by Gasteiger charge is 2.72. The lowest BCUT2D eigenvalue weighted by atomic mass is 9.34. The maximum Gasteiger partial charge on any atom is 0.307 e. The highest BCUT2D eigenvalue weighted by molar-refractivity contribution is 5.73. The number of tetrazole rings is 1. The number of carboxylic acid groups (broad SMARTS) is 1. The van der Waals surface area contributed by atoms with Crippen LogP contribution < -0.4 is 11.1 Å². The van der Waals surface area contributed by atoms with Crippen LogP contribution in [0.5, 0.6) is 0 Å². The number of hydrogen-bond donors (Lipinski definition) is 3. The summed E-state index contributed by atoms with van der Waals surface area (Å²) in [5.74, 6) is 0.496. The Morgan fingerprint density at radius 1 is 1.12 bits per heavy atom. The van der Waals surface area contributed by atoms with Crippen molar-refractivity contribution in [1.29, 1.82) is 0 Å². The molecule has 10 heteroatoms. The Morgan fingerprint density at radius 2 is 1.82 bits per heavy atom. The van der Waals surface area contributed by atoms with Gasteiger partial charge in [-0.1, -0.05) is 92.9 Å². The quantitative estimate of drug-likeness (QED) is 0.229. The summed E-state index contributed by atoms with van der Waals surface area (Å²) < 4.78 is 13.9. The molecule has 1 aromatic heterocycles. The molecule has 4 N–H and O–H groups in total. The average molecular weight is 697 g/mol. The van der Waals surface area contributed by atoms with Crippen molar-refractivity contribution in [2.75, 3.05) is 32.1 Å². The normalized spacial score (nSPS) is 43.2. The number of aromatic nitrogens is 4. The second-order valence-corrected chi connectivity index (χ2v) is 19.9. The van der Waals surface area contributed by atoms with Crippen molar-refractivity contribution >= 4 is 11.9 Å². The Balaban J connectivity index is 1.44. The molecule has 3 saturated carbocycles. The number of aliphatic carboxylic acids is 1. The topological polar surface area (TPSA) is 137 Å². The first kappa shape index (κ1) is 37.7. The maximum absolute atomic E-state index is 13.5. The first-order chi connectivity index (χ1) is 23.1. The number of nitrogen functional groups attached to an aromatic ring is 1. The van der Waals surface area contributed by atoms with Crippen LogP contribution in [0.15, 0.2) is 11.6 Å². The minimum absolute atomic E-state index is 0.0409. The number of rotatable bonds is 9. The summed E-state index contributed by atoms with van der Waals surface area (Å²) in [6.45, 7) is 30.1. The number of nitrogens with one attached hydrogen (secondary N) is 1. The summed E-state index contributed by atoms with van der Waals surface area (Å²) >= 11 is 0. The van der Waals surface area contributed by atoms with E-state index in [1.54, 1.807) is 4.80 Å². The Kier molecular flexibility index (Phi) is 9.24. The number of likely N-dealkylation sites (N-methyl/N-ethyl adjacent to an activating group) is 1. The van der Waals surface area contributed by atoms with Gasteiger partial charge < -0.3 is 25.6 Å². The fourth-order valence-corrected chi connectivity index (χ4v) is 12.7. The molecule has 282 valence electrons. The minimum atomic E-state index is -0.627. The monoisotopic (exact) mass is 697 g/mol. The first-order valence-corrected chi connectivity index (χ1v) is 19.6. The summed E-state index contributed by atoms with van der Waals surface area (Å²) in [6, 6.07) is -0.176. The molecular weight excluding hydrogens is 628 g/mol. The van der Waals surface area contributed by atoms with Crippen LogP contribution in [0.2, 0.25) is 0 Å². The molecule has 12 atom stereocenters. The zero-order valence-corrected chi connectivity index (χ0v) is 33.2. The van der Waals surface area contributed by atoms with Crippen molar-refractivity contribution in [2.24, 2.45) is 62.1 Å². The van der Waals surface area contributed by atoms with Gasteiger partial charge in [-0.3, -0.25) is 4.79 Å². The van der Waals surface area contributed by atoms with Crippen LogP contribution in [0.3, 0.4) is 0 Å². The average Bonchev–Trinajstić information content (AvgIpc) is 3.45. The molecular formula is C40H68N6O4. The highest BCUT2D eigenvalue weighted by Crippen LogP contribution is 2.75. The van der Waals surface area contributed by atoms with Crippen molar-refractivity contribution in [3.8, 4) is 0 Å². The zero-order chi connectivity index (χ0) is 36.9. The van der Waals surface area contributed by atoms with Gasteiger partial charge in [0, 0.05) is 16.4 Å². The largest absolute Gasteiger partial charge is 0.481 e. The van der Waals surface area contributed by atoms with Crippen LogP contribution in [0, 0.1) is 62.1 Å². The van der Waals surface area contributed by atoms with Crippen LogP contribution in [0.25, 0.3) is 0 Å². The summed E-state index contributed by atoms with van der Waals surface area (Å²) in [5.41, 5.74) is 6.00. The van der Waals surface area contributed by atoms with E-state index in [9.17, 15) is 9.90 Å². The van der Waals surface area contributed by atoms with E-state index in [-0.39, 0.29) is 62.0 Å². The summed E-state index contributed by atoms with van der Waals surface area (Å²) in [7, 11) is 0. The van der Waals surface area contributed by atoms with Crippen molar-refractivity contribution in [3.05, 3.63) is 11.6 Å². The summed E-state index contributed by atoms with van der Waals surface area (Å²) in [5, 5.41) is 28.1. The molecule has 4 aliphatic carbocycles. The molecule has 0 aromatic carbocycles. The number of allylic oxidation sites excluding steroid dienone is 1. The number of ether oxygens (including phenoxy) is 2. The van der Waals surface area contributed by atoms with Gasteiger partial charge in [-0.05, 0) is 103 Å². The fraction of sp³-hybridized carbons (Fsp3) is 0.900. The van der Waals surface area contributed by atoms with Crippen LogP contribution in [0.1, 0.15) is 128 Å². The standard InChI is InChI=1S/C40H68N6O4/c1-13-42-39(12,34(5,6)7)22-50-31-28(46-44-33(41)43-45-46)20-40-23-49-21-36(31,9)29(40)15-14-26-27(40)16-17-38(11)30(32(47)48)35(8,25(4)24(2)3)18-19-37(26,38)10/h16,24-26,28-31,42H,13-15,17-23H2,1-12H3,(H2,41,44)(H,47,48)/t25-,26+,28-,29+,30-,31+,35-,36-,37-,38+,39+,40+/m1/s1. The molecule has 50 heavy (non-hydrogen) atoms. The van der Waals surface area contributed by atoms with Gasteiger partial charge in [0.2, 0.25) is 0 Å². The Labute approximate surface area is 301 Å². The van der Waals surface area contributed by atoms with Gasteiger partial charge in [-0.15, -0.1) is 5.10 Å². The van der Waals surface area contributed by atoms with Gasteiger partial charge in [0.25, 0.3) is 5.95 Å². The third kappa shape index (κ3) is 5.18. The third-order valence-corrected chi connectivity index (χ3v) is 16.6. The molecule has 1 saturated heterocycles. The molecule has 1 aromatic rings. The Hall–Kier alpha value is -2.04. The van der Waals surface area contributed by atoms with Gasteiger partial charge in [0.05, 0.1) is 31.8 Å². The molecule has 5 aliphatic rings. The van der Waals surface area contributed by atoms with E-state index in [1.807, 2.05) is 0 Å². The van der Waals surface area contributed by atoms with Crippen LogP contribution in [-0.4, -0.2) is 69.3 Å². The lowest BCUT2D eigenvalue weighted by Gasteiger charge is -2.71. The summed E-state index contributed by atoms with van der Waals surface area (Å²) in [4.78, 5) is 15.2. The van der Waals surface area contributed by atoms with Gasteiger partial charge in [0.15, 0.2) is 0 Å². The predicted octanol–water partition coefficient (Wildman–Crippen LogP) is 7.18. The van der Waals surface area contributed by atoms with E-state index in [1.165, 1.54) is 5.57 Å². The van der Waals surface area contributed by atoms with E-state index in [2.05, 4.69) is 110 Å². The van der Waals surface area contributed by atoms with Crippen molar-refractivity contribution < 1.29 is 19.4 Å². The van der Waals surface area contributed by atoms with E-state index in [4.69, 9.17) is 15.2 Å². The number of nitrogens with two attached hydrogens (primary N) is 1. The van der Waals surface area contributed by atoms with Crippen LogP contribution >= 0.6 is 0 Å². The van der Waals surface area contributed by atoms with Gasteiger partial charge >= 0.3 is 5.97 Å². The predicted molar refractivity (Wildman–Crippen MR) is 196 cm³/mol. The lowest BCUT2D eigenvalue weighted by Crippen LogP contribution is -2.69. The number of fused-ring (bicyclic) bond motifs is 3. The van der Waals surface area contributed by atoms with Gasteiger partial charge in [-0.25, -0.2) is 0 Å². The molecule has 4 fully saturated rings. The minimum Gasteiger partial charge on any atom is -0.481 e. The molecule has 10 nitrogen and oxygen atoms in total. The number of carbonyl (C=O) groups is 1. The number of hydrogen-bond acceptors (Lipinski definition) is 8. The molecule has 6 rings (SSSR count).